The summed E-state index contributed by atoms with van der Waals surface area (Å²) in [6.07, 6.45) is 3.33. The van der Waals surface area contributed by atoms with E-state index in [1.807, 2.05) is 26.0 Å². The van der Waals surface area contributed by atoms with Crippen LogP contribution in [0.25, 0.3) is 0 Å². The fraction of sp³-hybridized carbons (Fsp3) is 0.500. The smallest absolute Gasteiger partial charge is 0.342 e. The van der Waals surface area contributed by atoms with Crippen molar-refractivity contribution < 1.29 is 32.9 Å². The maximum Gasteiger partial charge on any atom is 0.342 e. The third kappa shape index (κ3) is 8.82. The number of rotatable bonds is 15. The van der Waals surface area contributed by atoms with Gasteiger partial charge >= 0.3 is 19.5 Å². The number of carbonyl (C=O) groups excluding carboxylic acids is 2. The molecule has 1 heterocycles. The van der Waals surface area contributed by atoms with Crippen LogP contribution in [0.15, 0.2) is 42.0 Å². The van der Waals surface area contributed by atoms with Gasteiger partial charge in [0.2, 0.25) is 0 Å². The van der Waals surface area contributed by atoms with Gasteiger partial charge in [0.25, 0.3) is 0 Å². The highest BCUT2D eigenvalue weighted by atomic mass is 31.2. The van der Waals surface area contributed by atoms with Crippen LogP contribution in [0.3, 0.4) is 0 Å². The number of carbonyl (C=O) groups is 2. The van der Waals surface area contributed by atoms with E-state index < -0.39 is 27.6 Å². The highest BCUT2D eigenvalue weighted by molar-refractivity contribution is 7.57. The van der Waals surface area contributed by atoms with E-state index in [4.69, 9.17) is 18.7 Å². The Morgan fingerprint density at radius 2 is 1.86 bits per heavy atom. The average Bonchev–Trinajstić information content (AvgIpc) is 3.30. The maximum absolute atomic E-state index is 14.1. The van der Waals surface area contributed by atoms with Gasteiger partial charge in [-0.05, 0) is 69.8 Å². The third-order valence-corrected chi connectivity index (χ3v) is 11.1. The number of fused-ring (bicyclic) bond motifs is 1. The monoisotopic (exact) mass is 615 g/mol. The lowest BCUT2D eigenvalue weighted by Crippen LogP contribution is -2.35. The zero-order valence-electron chi connectivity index (χ0n) is 26.3. The number of hydrogen-bond acceptors (Lipinski definition) is 7. The molecule has 0 aliphatic carbocycles. The number of ether oxygens (including phenoxy) is 3. The minimum Gasteiger partial charge on any atom is -0.493 e. The van der Waals surface area contributed by atoms with Gasteiger partial charge in [0.1, 0.15) is 29.7 Å². The number of para-hydroxylation sites is 1. The van der Waals surface area contributed by atoms with Crippen molar-refractivity contribution in [2.24, 2.45) is 0 Å². The third-order valence-electron chi connectivity index (χ3n) is 7.22. The minimum absolute atomic E-state index is 0.0743. The largest absolute Gasteiger partial charge is 0.493 e. The first-order chi connectivity index (χ1) is 19.8. The van der Waals surface area contributed by atoms with Crippen LogP contribution in [0.2, 0.25) is 25.7 Å². The van der Waals surface area contributed by atoms with E-state index in [2.05, 4.69) is 31.7 Å². The average molecular weight is 616 g/mol. The molecule has 230 valence electrons. The SMILES string of the molecule is CCOC(=O)C(C)NP(=O)(C/C(C)=C/Cc1c(CC)c(C)c2c(c1OCC[Si](C)(C)C)C(=O)OC2)Oc1ccccc1. The molecule has 2 aromatic carbocycles. The number of esters is 2. The van der Waals surface area contributed by atoms with Crippen molar-refractivity contribution >= 4 is 27.5 Å². The van der Waals surface area contributed by atoms with E-state index >= 15 is 0 Å². The number of nitrogens with one attached hydrogen (secondary N) is 1. The molecule has 0 bridgehead atoms. The van der Waals surface area contributed by atoms with Crippen molar-refractivity contribution in [1.82, 2.24) is 5.09 Å². The molecule has 1 N–H and O–H groups in total. The molecular weight excluding hydrogens is 569 g/mol. The molecule has 3 rings (SSSR count). The summed E-state index contributed by atoms with van der Waals surface area (Å²) in [7, 11) is -4.94. The van der Waals surface area contributed by atoms with Gasteiger partial charge in [-0.2, -0.15) is 0 Å². The second kappa shape index (κ2) is 14.5. The van der Waals surface area contributed by atoms with Gasteiger partial charge in [0.05, 0.1) is 19.4 Å². The van der Waals surface area contributed by atoms with E-state index in [0.29, 0.717) is 30.1 Å². The summed E-state index contributed by atoms with van der Waals surface area (Å²) in [5.74, 6) is 0.203. The number of benzene rings is 2. The normalized spacial score (nSPS) is 15.4. The number of cyclic esters (lactones) is 1. The Labute approximate surface area is 251 Å². The van der Waals surface area contributed by atoms with Crippen molar-refractivity contribution in [3.63, 3.8) is 0 Å². The fourth-order valence-corrected chi connectivity index (χ4v) is 7.85. The topological polar surface area (TPSA) is 100 Å². The summed E-state index contributed by atoms with van der Waals surface area (Å²) in [4.78, 5) is 25.2. The maximum atomic E-state index is 14.1. The molecule has 0 fully saturated rings. The Balaban J connectivity index is 1.95. The Hall–Kier alpha value is -2.87. The lowest BCUT2D eigenvalue weighted by Gasteiger charge is -2.24. The van der Waals surface area contributed by atoms with Gasteiger partial charge < -0.3 is 18.7 Å². The first kappa shape index (κ1) is 33.6. The standard InChI is InChI=1S/C32H46NO7PSi/c1-9-26-23(4)28-20-39-32(35)29(28)30(38-18-19-42(6,7)8)27(26)17-16-22(3)21-41(36,33-24(5)31(34)37-10-2)40-25-14-12-11-13-15-25/h11-16,24H,9-10,17-21H2,1-8H3,(H,33,36)/b22-16+. The van der Waals surface area contributed by atoms with Crippen LogP contribution in [-0.4, -0.2) is 45.4 Å². The number of hydrogen-bond donors (Lipinski definition) is 1. The van der Waals surface area contributed by atoms with E-state index in [1.54, 1.807) is 38.1 Å². The summed E-state index contributed by atoms with van der Waals surface area (Å²) < 4.78 is 37.1. The molecule has 1 aliphatic rings. The summed E-state index contributed by atoms with van der Waals surface area (Å²) in [5.41, 5.74) is 5.39. The van der Waals surface area contributed by atoms with Crippen LogP contribution in [0.1, 0.15) is 60.3 Å². The van der Waals surface area contributed by atoms with Crippen LogP contribution >= 0.6 is 7.52 Å². The molecule has 10 heteroatoms. The highest BCUT2D eigenvalue weighted by Crippen LogP contribution is 2.46. The lowest BCUT2D eigenvalue weighted by molar-refractivity contribution is -0.144. The summed E-state index contributed by atoms with van der Waals surface area (Å²) in [6, 6.07) is 9.04. The fourth-order valence-electron chi connectivity index (χ4n) is 4.98. The van der Waals surface area contributed by atoms with E-state index in [9.17, 15) is 14.2 Å². The molecule has 2 aromatic rings. The molecule has 0 spiro atoms. The van der Waals surface area contributed by atoms with Crippen LogP contribution < -0.4 is 14.3 Å². The van der Waals surface area contributed by atoms with Gasteiger partial charge in [-0.25, -0.2) is 9.88 Å². The van der Waals surface area contributed by atoms with Gasteiger partial charge in [0.15, 0.2) is 0 Å². The lowest BCUT2D eigenvalue weighted by atomic mass is 9.89. The molecular formula is C32H46NO7PSi. The second-order valence-corrected chi connectivity index (χ2v) is 19.7. The van der Waals surface area contributed by atoms with Crippen LogP contribution in [0.5, 0.6) is 11.5 Å². The minimum atomic E-state index is -3.57. The Bertz CT molecular complexity index is 1350. The molecule has 0 saturated carbocycles. The predicted molar refractivity (Wildman–Crippen MR) is 170 cm³/mol. The molecule has 0 amide bonds. The van der Waals surface area contributed by atoms with Crippen LogP contribution in [0.4, 0.5) is 0 Å². The predicted octanol–water partition coefficient (Wildman–Crippen LogP) is 7.25. The highest BCUT2D eigenvalue weighted by Gasteiger charge is 2.33. The summed E-state index contributed by atoms with van der Waals surface area (Å²) >= 11 is 0. The van der Waals surface area contributed by atoms with Crippen molar-refractivity contribution in [3.8, 4) is 11.5 Å². The van der Waals surface area contributed by atoms with Crippen molar-refractivity contribution in [3.05, 3.63) is 69.8 Å². The Morgan fingerprint density at radius 1 is 1.17 bits per heavy atom. The van der Waals surface area contributed by atoms with E-state index in [1.165, 1.54) is 0 Å². The zero-order valence-corrected chi connectivity index (χ0v) is 28.2. The van der Waals surface area contributed by atoms with Gasteiger partial charge in [-0.1, -0.05) is 56.4 Å². The van der Waals surface area contributed by atoms with Crippen LogP contribution in [0, 0.1) is 6.92 Å². The molecule has 0 aromatic heterocycles. The van der Waals surface area contributed by atoms with Crippen LogP contribution in [-0.2, 0) is 38.3 Å². The van der Waals surface area contributed by atoms with Crippen molar-refractivity contribution in [1.29, 1.82) is 0 Å². The van der Waals surface area contributed by atoms with Crippen molar-refractivity contribution in [2.75, 3.05) is 19.4 Å². The first-order valence-electron chi connectivity index (χ1n) is 14.7. The quantitative estimate of drug-likeness (QED) is 0.0968. The molecule has 0 radical (unpaired) electrons. The second-order valence-electron chi connectivity index (χ2n) is 11.9. The van der Waals surface area contributed by atoms with Gasteiger partial charge in [-0.15, -0.1) is 0 Å². The molecule has 8 nitrogen and oxygen atoms in total. The van der Waals surface area contributed by atoms with Crippen molar-refractivity contribution in [2.45, 2.75) is 85.8 Å². The summed E-state index contributed by atoms with van der Waals surface area (Å²) in [6.45, 7) is 17.3. The van der Waals surface area contributed by atoms with E-state index in [0.717, 1.165) is 40.3 Å². The molecule has 0 saturated heterocycles. The number of allylic oxidation sites excluding steroid dienone is 2. The molecule has 42 heavy (non-hydrogen) atoms. The first-order valence-corrected chi connectivity index (χ1v) is 20.2. The Morgan fingerprint density at radius 3 is 2.48 bits per heavy atom. The van der Waals surface area contributed by atoms with E-state index in [-0.39, 0.29) is 25.3 Å². The molecule has 1 aliphatic heterocycles. The molecule has 2 atom stereocenters. The Kier molecular flexibility index (Phi) is 11.6. The molecule has 2 unspecified atom stereocenters. The van der Waals surface area contributed by atoms with Gasteiger partial charge in [-0.3, -0.25) is 9.36 Å². The summed E-state index contributed by atoms with van der Waals surface area (Å²) in [5, 5.41) is 2.92. The van der Waals surface area contributed by atoms with Gasteiger partial charge in [0, 0.05) is 19.2 Å². The zero-order chi connectivity index (χ0) is 31.1.